The molecule has 0 saturated heterocycles. The van der Waals surface area contributed by atoms with Gasteiger partial charge in [0, 0.05) is 25.7 Å². The Kier molecular flexibility index (Phi) is 8.08. The van der Waals surface area contributed by atoms with Gasteiger partial charge in [-0.2, -0.15) is 0 Å². The highest BCUT2D eigenvalue weighted by Crippen LogP contribution is 2.39. The molecule has 0 radical (unpaired) electrons. The lowest BCUT2D eigenvalue weighted by Crippen LogP contribution is -2.49. The molecule has 0 heterocycles. The van der Waals surface area contributed by atoms with Crippen LogP contribution in [0.2, 0.25) is 0 Å². The van der Waals surface area contributed by atoms with E-state index in [1.807, 2.05) is 0 Å². The SMILES string of the molecule is CCC(CC)N(CCO)CC1(CNC)CCC(C)CC1. The van der Waals surface area contributed by atoms with Gasteiger partial charge in [-0.1, -0.05) is 33.6 Å². The van der Waals surface area contributed by atoms with E-state index in [4.69, 9.17) is 0 Å². The Labute approximate surface area is 126 Å². The molecule has 1 fully saturated rings. The first kappa shape index (κ1) is 17.9. The third-order valence-corrected chi connectivity index (χ3v) is 5.27. The fourth-order valence-electron chi connectivity index (χ4n) is 3.90. The van der Waals surface area contributed by atoms with Gasteiger partial charge in [0.2, 0.25) is 0 Å². The molecule has 20 heavy (non-hydrogen) atoms. The second kappa shape index (κ2) is 9.01. The van der Waals surface area contributed by atoms with Gasteiger partial charge in [-0.15, -0.1) is 0 Å². The van der Waals surface area contributed by atoms with Gasteiger partial charge in [0.15, 0.2) is 0 Å². The maximum absolute atomic E-state index is 9.40. The Hall–Kier alpha value is -0.120. The molecule has 120 valence electrons. The van der Waals surface area contributed by atoms with Crippen molar-refractivity contribution in [2.45, 2.75) is 65.3 Å². The second-order valence-corrected chi connectivity index (χ2v) is 6.88. The summed E-state index contributed by atoms with van der Waals surface area (Å²) in [6.07, 6.45) is 7.74. The number of nitrogens with one attached hydrogen (secondary N) is 1. The minimum Gasteiger partial charge on any atom is -0.395 e. The lowest BCUT2D eigenvalue weighted by atomic mass is 9.70. The average molecular weight is 284 g/mol. The molecule has 3 heteroatoms. The predicted molar refractivity (Wildman–Crippen MR) is 87.0 cm³/mol. The first-order valence-corrected chi connectivity index (χ1v) is 8.60. The topological polar surface area (TPSA) is 35.5 Å². The Morgan fingerprint density at radius 3 is 2.30 bits per heavy atom. The lowest BCUT2D eigenvalue weighted by molar-refractivity contribution is 0.0501. The lowest BCUT2D eigenvalue weighted by Gasteiger charge is -2.44. The zero-order valence-corrected chi connectivity index (χ0v) is 14.1. The van der Waals surface area contributed by atoms with Crippen LogP contribution in [-0.2, 0) is 0 Å². The van der Waals surface area contributed by atoms with Gasteiger partial charge in [0.25, 0.3) is 0 Å². The molecule has 1 aliphatic rings. The maximum atomic E-state index is 9.40. The molecule has 0 spiro atoms. The standard InChI is InChI=1S/C17H36N2O/c1-5-16(6-2)19(11-12-20)14-17(13-18-4)9-7-15(3)8-10-17/h15-16,18,20H,5-14H2,1-4H3. The van der Waals surface area contributed by atoms with Crippen molar-refractivity contribution in [3.05, 3.63) is 0 Å². The molecule has 3 nitrogen and oxygen atoms in total. The number of aliphatic hydroxyl groups excluding tert-OH is 1. The minimum absolute atomic E-state index is 0.280. The molecule has 1 aliphatic carbocycles. The van der Waals surface area contributed by atoms with E-state index in [-0.39, 0.29) is 6.61 Å². The van der Waals surface area contributed by atoms with Crippen molar-refractivity contribution in [2.24, 2.45) is 11.3 Å². The van der Waals surface area contributed by atoms with Crippen LogP contribution >= 0.6 is 0 Å². The Morgan fingerprint density at radius 1 is 1.25 bits per heavy atom. The van der Waals surface area contributed by atoms with E-state index < -0.39 is 0 Å². The number of aliphatic hydroxyl groups is 1. The largest absolute Gasteiger partial charge is 0.395 e. The first-order valence-electron chi connectivity index (χ1n) is 8.60. The van der Waals surface area contributed by atoms with Crippen LogP contribution < -0.4 is 5.32 Å². The van der Waals surface area contributed by atoms with Gasteiger partial charge in [-0.3, -0.25) is 4.90 Å². The van der Waals surface area contributed by atoms with Gasteiger partial charge in [0.05, 0.1) is 6.61 Å². The van der Waals surface area contributed by atoms with Crippen molar-refractivity contribution in [1.82, 2.24) is 10.2 Å². The minimum atomic E-state index is 0.280. The first-order chi connectivity index (χ1) is 9.60. The monoisotopic (exact) mass is 284 g/mol. The summed E-state index contributed by atoms with van der Waals surface area (Å²) in [7, 11) is 2.08. The van der Waals surface area contributed by atoms with Crippen LogP contribution in [0.4, 0.5) is 0 Å². The predicted octanol–water partition coefficient (Wildman–Crippen LogP) is 2.89. The molecular formula is C17H36N2O. The summed E-state index contributed by atoms with van der Waals surface area (Å²) in [5.74, 6) is 0.888. The van der Waals surface area contributed by atoms with E-state index in [2.05, 4.69) is 38.0 Å². The summed E-state index contributed by atoms with van der Waals surface area (Å²) in [5.41, 5.74) is 0.416. The van der Waals surface area contributed by atoms with E-state index >= 15 is 0 Å². The summed E-state index contributed by atoms with van der Waals surface area (Å²) >= 11 is 0. The highest BCUT2D eigenvalue weighted by Gasteiger charge is 2.36. The zero-order valence-electron chi connectivity index (χ0n) is 14.1. The third kappa shape index (κ3) is 5.01. The number of hydrogen-bond acceptors (Lipinski definition) is 3. The summed E-state index contributed by atoms with van der Waals surface area (Å²) < 4.78 is 0. The number of nitrogens with zero attached hydrogens (tertiary/aromatic N) is 1. The Balaban J connectivity index is 2.74. The molecule has 0 unspecified atom stereocenters. The fraction of sp³-hybridized carbons (Fsp3) is 1.00. The van der Waals surface area contributed by atoms with Gasteiger partial charge in [0.1, 0.15) is 0 Å². The summed E-state index contributed by atoms with van der Waals surface area (Å²) in [6.45, 7) is 10.3. The quantitative estimate of drug-likeness (QED) is 0.683. The van der Waals surface area contributed by atoms with Crippen molar-refractivity contribution in [3.63, 3.8) is 0 Å². The van der Waals surface area contributed by atoms with Crippen molar-refractivity contribution in [2.75, 3.05) is 33.3 Å². The second-order valence-electron chi connectivity index (χ2n) is 6.88. The molecule has 0 aromatic heterocycles. The van der Waals surface area contributed by atoms with Gasteiger partial charge in [-0.25, -0.2) is 0 Å². The molecule has 0 bridgehead atoms. The molecule has 0 aromatic carbocycles. The fourth-order valence-corrected chi connectivity index (χ4v) is 3.90. The summed E-state index contributed by atoms with van der Waals surface area (Å²) in [6, 6.07) is 0.621. The van der Waals surface area contributed by atoms with E-state index in [9.17, 15) is 5.11 Å². The van der Waals surface area contributed by atoms with Crippen molar-refractivity contribution >= 4 is 0 Å². The molecule has 0 atom stereocenters. The molecule has 2 N–H and O–H groups in total. The highest BCUT2D eigenvalue weighted by molar-refractivity contribution is 4.90. The third-order valence-electron chi connectivity index (χ3n) is 5.27. The summed E-state index contributed by atoms with van der Waals surface area (Å²) in [4.78, 5) is 2.55. The van der Waals surface area contributed by atoms with Gasteiger partial charge in [-0.05, 0) is 44.1 Å². The molecule has 1 saturated carbocycles. The molecular weight excluding hydrogens is 248 g/mol. The van der Waals surface area contributed by atoms with Gasteiger partial charge < -0.3 is 10.4 Å². The normalized spacial score (nSPS) is 27.4. The van der Waals surface area contributed by atoms with E-state index in [1.54, 1.807) is 0 Å². The van der Waals surface area contributed by atoms with Crippen molar-refractivity contribution < 1.29 is 5.11 Å². The van der Waals surface area contributed by atoms with Crippen LogP contribution in [0.25, 0.3) is 0 Å². The van der Waals surface area contributed by atoms with Crippen LogP contribution in [0, 0.1) is 11.3 Å². The summed E-state index contributed by atoms with van der Waals surface area (Å²) in [5, 5.41) is 12.8. The van der Waals surface area contributed by atoms with Crippen LogP contribution in [0.3, 0.4) is 0 Å². The van der Waals surface area contributed by atoms with Crippen molar-refractivity contribution in [1.29, 1.82) is 0 Å². The zero-order chi connectivity index (χ0) is 15.0. The van der Waals surface area contributed by atoms with E-state index in [0.29, 0.717) is 11.5 Å². The Morgan fingerprint density at radius 2 is 1.85 bits per heavy atom. The molecule has 0 aromatic rings. The van der Waals surface area contributed by atoms with Crippen LogP contribution in [-0.4, -0.2) is 49.3 Å². The highest BCUT2D eigenvalue weighted by atomic mass is 16.3. The smallest absolute Gasteiger partial charge is 0.0558 e. The number of rotatable bonds is 9. The van der Waals surface area contributed by atoms with Crippen molar-refractivity contribution in [3.8, 4) is 0 Å². The molecule has 1 rings (SSSR count). The van der Waals surface area contributed by atoms with Gasteiger partial charge >= 0.3 is 0 Å². The molecule has 0 aliphatic heterocycles. The molecule has 0 amide bonds. The van der Waals surface area contributed by atoms with Crippen LogP contribution in [0.5, 0.6) is 0 Å². The van der Waals surface area contributed by atoms with Crippen LogP contribution in [0.1, 0.15) is 59.3 Å². The maximum Gasteiger partial charge on any atom is 0.0558 e. The van der Waals surface area contributed by atoms with E-state index in [0.717, 1.165) is 25.6 Å². The Bertz CT molecular complexity index is 245. The number of hydrogen-bond donors (Lipinski definition) is 2. The average Bonchev–Trinajstić information content (AvgIpc) is 2.44. The van der Waals surface area contributed by atoms with Crippen LogP contribution in [0.15, 0.2) is 0 Å². The van der Waals surface area contributed by atoms with E-state index in [1.165, 1.54) is 38.5 Å².